The fraction of sp³-hybridized carbons (Fsp3) is 0.414. The highest BCUT2D eigenvalue weighted by molar-refractivity contribution is 5.99. The van der Waals surface area contributed by atoms with Crippen LogP contribution in [0.1, 0.15) is 42.6 Å². The predicted octanol–water partition coefficient (Wildman–Crippen LogP) is 3.08. The minimum absolute atomic E-state index is 0.0686. The number of unbranched alkanes of at least 4 members (excludes halogenated alkanes) is 1. The third kappa shape index (κ3) is 6.12. The number of rotatable bonds is 10. The standard InChI is InChI=1S/C29H32N6O8/c1-30-27(37)34-23-15-16-32(28(38)42-18-19-9-3-2-4-10-19)25(23)21(26(34)36)12-6-8-14-24-31-43-29(39)33(24)17-20-11-5-7-13-22(20)35(40)41/h2-5,7,9-11,13,21,23,25H,6,8,12,14-18H2,1H3,(H,30,37)/t21-,23+,25-/m1/s1. The molecule has 3 aromatic rings. The van der Waals surface area contributed by atoms with Gasteiger partial charge in [0.05, 0.1) is 29.5 Å². The molecule has 226 valence electrons. The SMILES string of the molecule is CNC(=O)N1C(=O)[C@H](CCCCc2noc(=O)n2Cc2ccccc2[N+](=O)[O-])[C@@H]2[C@@H]1CCN2C(=O)OCc1ccccc1. The number of para-hydroxylation sites is 1. The van der Waals surface area contributed by atoms with Crippen LogP contribution in [-0.2, 0) is 29.1 Å². The number of hydrogen-bond acceptors (Lipinski definition) is 9. The Morgan fingerprint density at radius 2 is 1.86 bits per heavy atom. The summed E-state index contributed by atoms with van der Waals surface area (Å²) in [5.41, 5.74) is 1.07. The van der Waals surface area contributed by atoms with E-state index in [1.165, 1.54) is 22.6 Å². The molecule has 4 amide bonds. The number of nitro groups is 1. The number of aromatic nitrogens is 2. The topological polar surface area (TPSA) is 170 Å². The number of benzene rings is 2. The fourth-order valence-corrected chi connectivity index (χ4v) is 6.01. The molecule has 2 fully saturated rings. The van der Waals surface area contributed by atoms with Crippen LogP contribution in [0.15, 0.2) is 63.9 Å². The van der Waals surface area contributed by atoms with Crippen molar-refractivity contribution in [1.82, 2.24) is 24.8 Å². The highest BCUT2D eigenvalue weighted by Crippen LogP contribution is 2.39. The third-order valence-electron chi connectivity index (χ3n) is 8.03. The molecule has 0 unspecified atom stereocenters. The molecule has 0 aliphatic carbocycles. The largest absolute Gasteiger partial charge is 0.445 e. The second-order valence-electron chi connectivity index (χ2n) is 10.5. The summed E-state index contributed by atoms with van der Waals surface area (Å²) in [5, 5.41) is 17.8. The Kier molecular flexibility index (Phi) is 8.83. The van der Waals surface area contributed by atoms with Gasteiger partial charge in [-0.05, 0) is 24.8 Å². The maximum absolute atomic E-state index is 13.4. The number of hydrogen-bond donors (Lipinski definition) is 1. The molecule has 43 heavy (non-hydrogen) atoms. The van der Waals surface area contributed by atoms with Crippen molar-refractivity contribution in [3.05, 3.63) is 92.2 Å². The molecule has 0 saturated carbocycles. The molecule has 0 spiro atoms. The van der Waals surface area contributed by atoms with Crippen molar-refractivity contribution >= 4 is 23.7 Å². The highest BCUT2D eigenvalue weighted by atomic mass is 16.6. The Labute approximate surface area is 246 Å². The number of carbonyl (C=O) groups is 3. The average Bonchev–Trinajstić information content (AvgIpc) is 3.67. The van der Waals surface area contributed by atoms with Gasteiger partial charge < -0.3 is 15.0 Å². The molecule has 0 radical (unpaired) electrons. The van der Waals surface area contributed by atoms with Gasteiger partial charge in [0.15, 0.2) is 5.82 Å². The van der Waals surface area contributed by atoms with Crippen molar-refractivity contribution < 1.29 is 28.6 Å². The molecular formula is C29H32N6O8. The molecule has 1 aromatic heterocycles. The molecule has 3 heterocycles. The molecule has 2 aromatic carbocycles. The number of nitrogens with one attached hydrogen (secondary N) is 1. The lowest BCUT2D eigenvalue weighted by atomic mass is 9.93. The molecule has 14 heteroatoms. The van der Waals surface area contributed by atoms with Gasteiger partial charge in [0, 0.05) is 31.6 Å². The van der Waals surface area contributed by atoms with Gasteiger partial charge in [-0.3, -0.25) is 28.9 Å². The van der Waals surface area contributed by atoms with E-state index >= 15 is 0 Å². The first-order valence-electron chi connectivity index (χ1n) is 14.1. The zero-order valence-corrected chi connectivity index (χ0v) is 23.6. The lowest BCUT2D eigenvalue weighted by molar-refractivity contribution is -0.385. The maximum atomic E-state index is 13.4. The average molecular weight is 593 g/mol. The van der Waals surface area contributed by atoms with E-state index in [4.69, 9.17) is 9.26 Å². The van der Waals surface area contributed by atoms with E-state index in [1.807, 2.05) is 30.3 Å². The molecule has 5 rings (SSSR count). The van der Waals surface area contributed by atoms with E-state index in [0.29, 0.717) is 50.0 Å². The Bertz CT molecular complexity index is 1550. The maximum Gasteiger partial charge on any atom is 0.441 e. The second kappa shape index (κ2) is 12.9. The van der Waals surface area contributed by atoms with Crippen LogP contribution in [0.5, 0.6) is 0 Å². The molecular weight excluding hydrogens is 560 g/mol. The van der Waals surface area contributed by atoms with Crippen LogP contribution in [0.25, 0.3) is 0 Å². The first-order chi connectivity index (χ1) is 20.8. The van der Waals surface area contributed by atoms with Crippen LogP contribution in [0.3, 0.4) is 0 Å². The van der Waals surface area contributed by atoms with E-state index in [9.17, 15) is 29.3 Å². The first-order valence-corrected chi connectivity index (χ1v) is 14.1. The van der Waals surface area contributed by atoms with Crippen LogP contribution in [0, 0.1) is 16.0 Å². The van der Waals surface area contributed by atoms with E-state index in [2.05, 4.69) is 10.5 Å². The lowest BCUT2D eigenvalue weighted by Gasteiger charge is -2.27. The van der Waals surface area contributed by atoms with Gasteiger partial charge in [-0.25, -0.2) is 14.4 Å². The van der Waals surface area contributed by atoms with E-state index < -0.39 is 40.8 Å². The van der Waals surface area contributed by atoms with Gasteiger partial charge in [0.25, 0.3) is 5.69 Å². The summed E-state index contributed by atoms with van der Waals surface area (Å²) < 4.78 is 11.7. The number of likely N-dealkylation sites (tertiary alicyclic amines) is 2. The van der Waals surface area contributed by atoms with Crippen molar-refractivity contribution in [3.63, 3.8) is 0 Å². The van der Waals surface area contributed by atoms with E-state index in [1.54, 1.807) is 23.1 Å². The molecule has 14 nitrogen and oxygen atoms in total. The number of imide groups is 1. The number of urea groups is 1. The van der Waals surface area contributed by atoms with Crippen LogP contribution in [-0.4, -0.2) is 68.2 Å². The molecule has 2 aliphatic heterocycles. The van der Waals surface area contributed by atoms with E-state index in [0.717, 1.165) is 5.56 Å². The zero-order chi connectivity index (χ0) is 30.5. The van der Waals surface area contributed by atoms with Crippen LogP contribution in [0.4, 0.5) is 15.3 Å². The minimum Gasteiger partial charge on any atom is -0.445 e. The number of nitrogens with zero attached hydrogens (tertiary/aromatic N) is 5. The number of aryl methyl sites for hydroxylation is 1. The van der Waals surface area contributed by atoms with Crippen LogP contribution in [0.2, 0.25) is 0 Å². The normalized spacial score (nSPS) is 19.4. The van der Waals surface area contributed by atoms with Gasteiger partial charge in [0.2, 0.25) is 5.91 Å². The summed E-state index contributed by atoms with van der Waals surface area (Å²) >= 11 is 0. The molecule has 2 saturated heterocycles. The predicted molar refractivity (Wildman–Crippen MR) is 151 cm³/mol. The summed E-state index contributed by atoms with van der Waals surface area (Å²) in [6.45, 7) is 0.384. The number of nitro benzene ring substituents is 1. The van der Waals surface area contributed by atoms with Crippen LogP contribution < -0.4 is 11.1 Å². The van der Waals surface area contributed by atoms with Gasteiger partial charge in [0.1, 0.15) is 6.61 Å². The fourth-order valence-electron chi connectivity index (χ4n) is 6.01. The lowest BCUT2D eigenvalue weighted by Crippen LogP contribution is -2.45. The van der Waals surface area contributed by atoms with E-state index in [-0.39, 0.29) is 24.7 Å². The van der Waals surface area contributed by atoms with Gasteiger partial charge in [-0.2, -0.15) is 0 Å². The number of amides is 4. The zero-order valence-electron chi connectivity index (χ0n) is 23.6. The minimum atomic E-state index is -0.723. The number of carbonyl (C=O) groups excluding carboxylic acids is 3. The smallest absolute Gasteiger partial charge is 0.441 e. The highest BCUT2D eigenvalue weighted by Gasteiger charge is 2.56. The van der Waals surface area contributed by atoms with Crippen molar-refractivity contribution in [2.75, 3.05) is 13.6 Å². The van der Waals surface area contributed by atoms with Crippen molar-refractivity contribution in [2.24, 2.45) is 5.92 Å². The molecule has 3 atom stereocenters. The summed E-state index contributed by atoms with van der Waals surface area (Å²) in [4.78, 5) is 65.2. The molecule has 2 aliphatic rings. The quantitative estimate of drug-likeness (QED) is 0.211. The molecule has 1 N–H and O–H groups in total. The van der Waals surface area contributed by atoms with Gasteiger partial charge in [-0.15, -0.1) is 0 Å². The summed E-state index contributed by atoms with van der Waals surface area (Å²) in [6.07, 6.45) is 1.68. The third-order valence-corrected chi connectivity index (χ3v) is 8.03. The molecule has 0 bridgehead atoms. The van der Waals surface area contributed by atoms with Crippen molar-refractivity contribution in [1.29, 1.82) is 0 Å². The monoisotopic (exact) mass is 592 g/mol. The Morgan fingerprint density at radius 3 is 2.60 bits per heavy atom. The number of fused-ring (bicyclic) bond motifs is 1. The Hall–Kier alpha value is -5.01. The second-order valence-corrected chi connectivity index (χ2v) is 10.5. The summed E-state index contributed by atoms with van der Waals surface area (Å²) in [7, 11) is 1.46. The Balaban J connectivity index is 1.25. The van der Waals surface area contributed by atoms with Crippen LogP contribution >= 0.6 is 0 Å². The van der Waals surface area contributed by atoms with Crippen molar-refractivity contribution in [2.45, 2.75) is 57.3 Å². The first kappa shape index (κ1) is 29.5. The van der Waals surface area contributed by atoms with Crippen molar-refractivity contribution in [3.8, 4) is 0 Å². The van der Waals surface area contributed by atoms with Gasteiger partial charge in [-0.1, -0.05) is 60.1 Å². The van der Waals surface area contributed by atoms with Gasteiger partial charge >= 0.3 is 17.9 Å². The summed E-state index contributed by atoms with van der Waals surface area (Å²) in [6, 6.07) is 13.9. The Morgan fingerprint density at radius 1 is 1.12 bits per heavy atom. The summed E-state index contributed by atoms with van der Waals surface area (Å²) in [5.74, 6) is -1.35. The number of ether oxygens (including phenoxy) is 1.